The number of hydrogen-bond acceptors (Lipinski definition) is 3. The van der Waals surface area contributed by atoms with Crippen LogP contribution >= 0.6 is 0 Å². The lowest BCUT2D eigenvalue weighted by atomic mass is 9.97. The van der Waals surface area contributed by atoms with Gasteiger partial charge in [0.1, 0.15) is 5.60 Å². The zero-order valence-electron chi connectivity index (χ0n) is 10.5. The fourth-order valence-corrected chi connectivity index (χ4v) is 2.71. The molecule has 0 aromatic heterocycles. The third-order valence-electron chi connectivity index (χ3n) is 3.52. The van der Waals surface area contributed by atoms with E-state index in [1.807, 2.05) is 0 Å². The predicted octanol–water partition coefficient (Wildman–Crippen LogP) is 2.57. The Hall–Kier alpha value is -1.22. The maximum atomic E-state index is 6.17. The number of nitrogens with two attached hydrogens (primary N) is 1. The Kier molecular flexibility index (Phi) is 2.33. The van der Waals surface area contributed by atoms with E-state index in [1.165, 1.54) is 5.56 Å². The molecule has 2 aliphatic rings. The predicted molar refractivity (Wildman–Crippen MR) is 66.5 cm³/mol. The van der Waals surface area contributed by atoms with Gasteiger partial charge in [-0.3, -0.25) is 0 Å². The third-order valence-corrected chi connectivity index (χ3v) is 3.52. The van der Waals surface area contributed by atoms with Crippen LogP contribution in [0.1, 0.15) is 43.9 Å². The minimum Gasteiger partial charge on any atom is -0.489 e. The average Bonchev–Trinajstić information content (AvgIpc) is 2.45. The van der Waals surface area contributed by atoms with Gasteiger partial charge in [0.2, 0.25) is 0 Å². The summed E-state index contributed by atoms with van der Waals surface area (Å²) in [6.45, 7) is 4.95. The summed E-state index contributed by atoms with van der Waals surface area (Å²) in [7, 11) is 0. The summed E-state index contributed by atoms with van der Waals surface area (Å²) in [5.74, 6) is 1.81. The zero-order valence-corrected chi connectivity index (χ0v) is 10.5. The summed E-state index contributed by atoms with van der Waals surface area (Å²) < 4.78 is 11.9. The van der Waals surface area contributed by atoms with Gasteiger partial charge in [0.05, 0.1) is 6.61 Å². The van der Waals surface area contributed by atoms with E-state index < -0.39 is 0 Å². The summed E-state index contributed by atoms with van der Waals surface area (Å²) in [4.78, 5) is 0. The summed E-state index contributed by atoms with van der Waals surface area (Å²) in [5.41, 5.74) is 8.38. The van der Waals surface area contributed by atoms with Gasteiger partial charge in [0.25, 0.3) is 0 Å². The van der Waals surface area contributed by atoms with Crippen molar-refractivity contribution in [1.82, 2.24) is 0 Å². The molecule has 3 heteroatoms. The minimum absolute atomic E-state index is 0.0742. The smallest absolute Gasteiger partial charge is 0.166 e. The molecular weight excluding hydrogens is 214 g/mol. The number of ether oxygens (including phenoxy) is 2. The summed E-state index contributed by atoms with van der Waals surface area (Å²) >= 11 is 0. The Labute approximate surface area is 102 Å². The fraction of sp³-hybridized carbons (Fsp3) is 0.571. The van der Waals surface area contributed by atoms with Crippen LogP contribution in [0.4, 0.5) is 0 Å². The van der Waals surface area contributed by atoms with Crippen LogP contribution in [0.25, 0.3) is 0 Å². The van der Waals surface area contributed by atoms with Crippen molar-refractivity contribution in [2.75, 3.05) is 6.61 Å². The van der Waals surface area contributed by atoms with E-state index >= 15 is 0 Å². The lowest BCUT2D eigenvalue weighted by molar-refractivity contribution is 0.132. The second kappa shape index (κ2) is 3.64. The highest BCUT2D eigenvalue weighted by Gasteiger charge is 2.34. The molecule has 0 amide bonds. The van der Waals surface area contributed by atoms with Crippen molar-refractivity contribution in [3.63, 3.8) is 0 Å². The van der Waals surface area contributed by atoms with Crippen molar-refractivity contribution < 1.29 is 9.47 Å². The number of hydrogen-bond donors (Lipinski definition) is 1. The zero-order chi connectivity index (χ0) is 12.0. The first-order valence-electron chi connectivity index (χ1n) is 6.30. The maximum Gasteiger partial charge on any atom is 0.166 e. The molecular formula is C14H19NO2. The Morgan fingerprint density at radius 2 is 2.12 bits per heavy atom. The largest absolute Gasteiger partial charge is 0.489 e. The molecule has 1 atom stereocenters. The summed E-state index contributed by atoms with van der Waals surface area (Å²) in [5, 5.41) is 0. The molecule has 3 nitrogen and oxygen atoms in total. The van der Waals surface area contributed by atoms with Gasteiger partial charge in [-0.2, -0.15) is 0 Å². The SMILES string of the molecule is CC1(C)Cc2ccc3c(c2O1)OCCC[C@H]3N. The molecule has 92 valence electrons. The molecule has 0 fully saturated rings. The molecule has 0 bridgehead atoms. The van der Waals surface area contributed by atoms with E-state index in [0.717, 1.165) is 42.9 Å². The van der Waals surface area contributed by atoms with Gasteiger partial charge < -0.3 is 15.2 Å². The molecule has 2 N–H and O–H groups in total. The van der Waals surface area contributed by atoms with Crippen LogP contribution in [0.2, 0.25) is 0 Å². The highest BCUT2D eigenvalue weighted by atomic mass is 16.5. The Morgan fingerprint density at radius 1 is 1.29 bits per heavy atom. The Morgan fingerprint density at radius 3 is 2.94 bits per heavy atom. The van der Waals surface area contributed by atoms with E-state index in [2.05, 4.69) is 26.0 Å². The second-order valence-corrected chi connectivity index (χ2v) is 5.61. The van der Waals surface area contributed by atoms with Crippen LogP contribution in [0.15, 0.2) is 12.1 Å². The van der Waals surface area contributed by atoms with Gasteiger partial charge in [-0.15, -0.1) is 0 Å². The molecule has 0 unspecified atom stereocenters. The van der Waals surface area contributed by atoms with Crippen LogP contribution in [-0.2, 0) is 6.42 Å². The molecule has 1 aromatic carbocycles. The van der Waals surface area contributed by atoms with Crippen molar-refractivity contribution in [2.45, 2.75) is 44.8 Å². The van der Waals surface area contributed by atoms with Crippen LogP contribution in [-0.4, -0.2) is 12.2 Å². The Balaban J connectivity index is 2.10. The van der Waals surface area contributed by atoms with E-state index in [4.69, 9.17) is 15.2 Å². The normalized spacial score (nSPS) is 25.2. The molecule has 1 aromatic rings. The minimum atomic E-state index is -0.128. The molecule has 2 aliphatic heterocycles. The lowest BCUT2D eigenvalue weighted by Crippen LogP contribution is -2.24. The van der Waals surface area contributed by atoms with Crippen molar-refractivity contribution in [2.24, 2.45) is 5.73 Å². The van der Waals surface area contributed by atoms with Crippen LogP contribution in [0, 0.1) is 0 Å². The molecule has 0 saturated heterocycles. The van der Waals surface area contributed by atoms with E-state index in [9.17, 15) is 0 Å². The van der Waals surface area contributed by atoms with Gasteiger partial charge in [0.15, 0.2) is 11.5 Å². The van der Waals surface area contributed by atoms with Crippen molar-refractivity contribution in [1.29, 1.82) is 0 Å². The first kappa shape index (κ1) is 10.9. The number of rotatable bonds is 0. The van der Waals surface area contributed by atoms with Gasteiger partial charge in [-0.1, -0.05) is 12.1 Å². The standard InChI is InChI=1S/C14H19NO2/c1-14(2)8-9-5-6-10-11(15)4-3-7-16-13(10)12(9)17-14/h5-6,11H,3-4,7-8,15H2,1-2H3/t11-/m1/s1. The molecule has 0 aliphatic carbocycles. The molecule has 0 spiro atoms. The maximum absolute atomic E-state index is 6.17. The fourth-order valence-electron chi connectivity index (χ4n) is 2.71. The topological polar surface area (TPSA) is 44.5 Å². The van der Waals surface area contributed by atoms with Gasteiger partial charge in [-0.05, 0) is 26.7 Å². The van der Waals surface area contributed by atoms with Crippen molar-refractivity contribution in [3.05, 3.63) is 23.3 Å². The van der Waals surface area contributed by atoms with Crippen LogP contribution in [0.3, 0.4) is 0 Å². The first-order chi connectivity index (χ1) is 8.07. The van der Waals surface area contributed by atoms with Gasteiger partial charge >= 0.3 is 0 Å². The van der Waals surface area contributed by atoms with Crippen LogP contribution < -0.4 is 15.2 Å². The summed E-state index contributed by atoms with van der Waals surface area (Å²) in [6.07, 6.45) is 2.93. The molecule has 0 radical (unpaired) electrons. The van der Waals surface area contributed by atoms with Crippen molar-refractivity contribution >= 4 is 0 Å². The molecule has 3 rings (SSSR count). The summed E-state index contributed by atoms with van der Waals surface area (Å²) in [6, 6.07) is 4.32. The number of benzene rings is 1. The van der Waals surface area contributed by atoms with Gasteiger partial charge in [0, 0.05) is 23.6 Å². The van der Waals surface area contributed by atoms with Gasteiger partial charge in [-0.25, -0.2) is 0 Å². The first-order valence-corrected chi connectivity index (χ1v) is 6.30. The van der Waals surface area contributed by atoms with E-state index in [-0.39, 0.29) is 11.6 Å². The van der Waals surface area contributed by atoms with E-state index in [0.29, 0.717) is 0 Å². The Bertz CT molecular complexity index is 454. The molecule has 2 heterocycles. The number of fused-ring (bicyclic) bond motifs is 3. The molecule has 17 heavy (non-hydrogen) atoms. The monoisotopic (exact) mass is 233 g/mol. The van der Waals surface area contributed by atoms with E-state index in [1.54, 1.807) is 0 Å². The highest BCUT2D eigenvalue weighted by Crippen LogP contribution is 2.46. The quantitative estimate of drug-likeness (QED) is 0.749. The third kappa shape index (κ3) is 1.78. The lowest BCUT2D eigenvalue weighted by Gasteiger charge is -2.19. The van der Waals surface area contributed by atoms with Crippen LogP contribution in [0.5, 0.6) is 11.5 Å². The molecule has 0 saturated carbocycles. The highest BCUT2D eigenvalue weighted by molar-refractivity contribution is 5.56. The second-order valence-electron chi connectivity index (χ2n) is 5.61. The van der Waals surface area contributed by atoms with Crippen molar-refractivity contribution in [3.8, 4) is 11.5 Å². The average molecular weight is 233 g/mol.